The third-order valence-electron chi connectivity index (χ3n) is 2.59. The summed E-state index contributed by atoms with van der Waals surface area (Å²) in [5.74, 6) is 0. The van der Waals surface area contributed by atoms with E-state index in [1.165, 1.54) is 38.5 Å². The van der Waals surface area contributed by atoms with Crippen molar-refractivity contribution in [3.8, 4) is 0 Å². The average Bonchev–Trinajstić information content (AvgIpc) is 2.21. The zero-order valence-corrected chi connectivity index (χ0v) is 12.2. The number of unbranched alkanes of at least 4 members (excludes halogenated alkanes) is 7. The highest BCUT2D eigenvalue weighted by Crippen LogP contribution is 2.11. The monoisotopic (exact) mass is 285 g/mol. The summed E-state index contributed by atoms with van der Waals surface area (Å²) in [4.78, 5) is 10.2. The van der Waals surface area contributed by atoms with E-state index < -0.39 is 11.6 Å². The Labute approximate surface area is 116 Å². The smallest absolute Gasteiger partial charge is 0.405 e. The summed E-state index contributed by atoms with van der Waals surface area (Å²) in [5.41, 5.74) is -0.433. The molecule has 0 aromatic rings. The maximum atomic E-state index is 10.2. The summed E-state index contributed by atoms with van der Waals surface area (Å²) < 4.78 is 0. The van der Waals surface area contributed by atoms with Gasteiger partial charge in [0.2, 0.25) is 0 Å². The normalized spacial score (nSPS) is 11.6. The Hall–Kier alpha value is -0.150. The highest BCUT2D eigenvalue weighted by molar-refractivity contribution is 6.21. The SMILES string of the molecule is CCCCCCCCCCC(Cl)NC(=O)O.Cl. The number of rotatable bonds is 10. The number of hydrogen-bond donors (Lipinski definition) is 2. The van der Waals surface area contributed by atoms with Crippen molar-refractivity contribution >= 4 is 30.1 Å². The molecule has 5 heteroatoms. The Bertz CT molecular complexity index is 180. The molecule has 0 saturated heterocycles. The predicted octanol–water partition coefficient (Wildman–Crippen LogP) is 4.77. The summed E-state index contributed by atoms with van der Waals surface area (Å²) in [7, 11) is 0. The molecule has 104 valence electrons. The van der Waals surface area contributed by atoms with Gasteiger partial charge in [-0.2, -0.15) is 0 Å². The summed E-state index contributed by atoms with van der Waals surface area (Å²) in [5, 5.41) is 10.7. The summed E-state index contributed by atoms with van der Waals surface area (Å²) >= 11 is 5.77. The van der Waals surface area contributed by atoms with E-state index in [9.17, 15) is 4.79 Å². The summed E-state index contributed by atoms with van der Waals surface area (Å²) in [6, 6.07) is 0. The molecular weight excluding hydrogens is 261 g/mol. The molecule has 0 heterocycles. The van der Waals surface area contributed by atoms with E-state index in [0.29, 0.717) is 0 Å². The first-order valence-corrected chi connectivity index (χ1v) is 6.74. The Morgan fingerprint density at radius 1 is 1.12 bits per heavy atom. The zero-order valence-electron chi connectivity index (χ0n) is 10.6. The van der Waals surface area contributed by atoms with Crippen molar-refractivity contribution in [3.05, 3.63) is 0 Å². The fourth-order valence-corrected chi connectivity index (χ4v) is 1.91. The fourth-order valence-electron chi connectivity index (χ4n) is 1.66. The highest BCUT2D eigenvalue weighted by atomic mass is 35.5. The van der Waals surface area contributed by atoms with Crippen molar-refractivity contribution in [2.75, 3.05) is 0 Å². The predicted molar refractivity (Wildman–Crippen MR) is 75.3 cm³/mol. The number of carbonyl (C=O) groups is 1. The molecule has 1 amide bonds. The maximum absolute atomic E-state index is 10.2. The number of nitrogens with one attached hydrogen (secondary N) is 1. The van der Waals surface area contributed by atoms with Gasteiger partial charge >= 0.3 is 6.09 Å². The van der Waals surface area contributed by atoms with Gasteiger partial charge in [0, 0.05) is 0 Å². The van der Waals surface area contributed by atoms with Crippen LogP contribution in [0.2, 0.25) is 0 Å². The molecule has 0 bridgehead atoms. The van der Waals surface area contributed by atoms with Crippen molar-refractivity contribution in [1.82, 2.24) is 5.32 Å². The van der Waals surface area contributed by atoms with Crippen LogP contribution in [0.1, 0.15) is 64.7 Å². The third-order valence-corrected chi connectivity index (χ3v) is 2.92. The second-order valence-corrected chi connectivity index (χ2v) is 4.71. The van der Waals surface area contributed by atoms with E-state index in [4.69, 9.17) is 16.7 Å². The lowest BCUT2D eigenvalue weighted by molar-refractivity contribution is 0.192. The van der Waals surface area contributed by atoms with Gasteiger partial charge in [0.1, 0.15) is 5.50 Å². The van der Waals surface area contributed by atoms with Crippen LogP contribution in [0, 0.1) is 0 Å². The maximum Gasteiger partial charge on any atom is 0.405 e. The average molecular weight is 286 g/mol. The van der Waals surface area contributed by atoms with Gasteiger partial charge in [0.25, 0.3) is 0 Å². The van der Waals surface area contributed by atoms with Gasteiger partial charge in [-0.05, 0) is 6.42 Å². The van der Waals surface area contributed by atoms with E-state index in [2.05, 4.69) is 12.2 Å². The molecular formula is C12H25Cl2NO2. The van der Waals surface area contributed by atoms with Crippen LogP contribution in [0.25, 0.3) is 0 Å². The molecule has 0 aromatic carbocycles. The lowest BCUT2D eigenvalue weighted by Gasteiger charge is -2.08. The molecule has 0 aliphatic carbocycles. The van der Waals surface area contributed by atoms with Gasteiger partial charge in [-0.15, -0.1) is 12.4 Å². The topological polar surface area (TPSA) is 49.3 Å². The first-order valence-electron chi connectivity index (χ1n) is 6.30. The van der Waals surface area contributed by atoms with Gasteiger partial charge in [-0.25, -0.2) is 4.79 Å². The quantitative estimate of drug-likeness (QED) is 0.345. The number of amides is 1. The van der Waals surface area contributed by atoms with Crippen molar-refractivity contribution < 1.29 is 9.90 Å². The number of carboxylic acid groups (broad SMARTS) is 1. The molecule has 0 spiro atoms. The first kappa shape index (κ1) is 19.2. The second-order valence-electron chi connectivity index (χ2n) is 4.18. The standard InChI is InChI=1S/C12H24ClNO2.ClH/c1-2-3-4-5-6-7-8-9-10-11(13)14-12(15)16;/h11,14H,2-10H2,1H3,(H,15,16);1H. The lowest BCUT2D eigenvalue weighted by atomic mass is 10.1. The van der Waals surface area contributed by atoms with Gasteiger partial charge in [-0.1, -0.05) is 69.9 Å². The molecule has 1 atom stereocenters. The number of hydrogen-bond acceptors (Lipinski definition) is 1. The molecule has 0 saturated carbocycles. The molecule has 2 N–H and O–H groups in total. The van der Waals surface area contributed by atoms with Gasteiger partial charge in [0.15, 0.2) is 0 Å². The van der Waals surface area contributed by atoms with Crippen LogP contribution in [0.15, 0.2) is 0 Å². The van der Waals surface area contributed by atoms with Crippen LogP contribution in [-0.4, -0.2) is 16.7 Å². The minimum Gasteiger partial charge on any atom is -0.465 e. The van der Waals surface area contributed by atoms with Crippen LogP contribution < -0.4 is 5.32 Å². The number of halogens is 2. The largest absolute Gasteiger partial charge is 0.465 e. The summed E-state index contributed by atoms with van der Waals surface area (Å²) in [6.45, 7) is 2.22. The van der Waals surface area contributed by atoms with Crippen LogP contribution in [0.4, 0.5) is 4.79 Å². The molecule has 3 nitrogen and oxygen atoms in total. The van der Waals surface area contributed by atoms with E-state index >= 15 is 0 Å². The van der Waals surface area contributed by atoms with Crippen LogP contribution in [0.3, 0.4) is 0 Å². The molecule has 0 rings (SSSR count). The molecule has 0 aliphatic heterocycles. The lowest BCUT2D eigenvalue weighted by Crippen LogP contribution is -2.28. The van der Waals surface area contributed by atoms with E-state index in [1.54, 1.807) is 0 Å². The van der Waals surface area contributed by atoms with Crippen LogP contribution in [0.5, 0.6) is 0 Å². The van der Waals surface area contributed by atoms with E-state index in [-0.39, 0.29) is 12.4 Å². The Kier molecular flexibility index (Phi) is 15.7. The van der Waals surface area contributed by atoms with Crippen molar-refractivity contribution in [2.24, 2.45) is 0 Å². The van der Waals surface area contributed by atoms with Crippen molar-refractivity contribution in [2.45, 2.75) is 70.2 Å². The van der Waals surface area contributed by atoms with Gasteiger partial charge < -0.3 is 10.4 Å². The summed E-state index contributed by atoms with van der Waals surface area (Å²) in [6.07, 6.45) is 9.66. The fraction of sp³-hybridized carbons (Fsp3) is 0.917. The van der Waals surface area contributed by atoms with Gasteiger partial charge in [-0.3, -0.25) is 0 Å². The minimum absolute atomic E-state index is 0. The highest BCUT2D eigenvalue weighted by Gasteiger charge is 2.05. The van der Waals surface area contributed by atoms with E-state index in [1.807, 2.05) is 0 Å². The Balaban J connectivity index is 0. The Morgan fingerprint density at radius 3 is 2.06 bits per heavy atom. The second kappa shape index (κ2) is 13.9. The van der Waals surface area contributed by atoms with E-state index in [0.717, 1.165) is 19.3 Å². The van der Waals surface area contributed by atoms with Crippen molar-refractivity contribution in [3.63, 3.8) is 0 Å². The molecule has 17 heavy (non-hydrogen) atoms. The molecule has 1 unspecified atom stereocenters. The molecule has 0 aliphatic rings. The van der Waals surface area contributed by atoms with Crippen LogP contribution in [-0.2, 0) is 0 Å². The van der Waals surface area contributed by atoms with Gasteiger partial charge in [0.05, 0.1) is 0 Å². The van der Waals surface area contributed by atoms with Crippen molar-refractivity contribution in [1.29, 1.82) is 0 Å². The molecule has 0 radical (unpaired) electrons. The first-order chi connectivity index (χ1) is 7.66. The third kappa shape index (κ3) is 15.9. The Morgan fingerprint density at radius 2 is 1.59 bits per heavy atom. The van der Waals surface area contributed by atoms with Crippen LogP contribution >= 0.6 is 24.0 Å². The zero-order chi connectivity index (χ0) is 12.2. The minimum atomic E-state index is -1.04. The molecule has 0 aromatic heterocycles. The molecule has 0 fully saturated rings. The number of alkyl halides is 1.